The Morgan fingerprint density at radius 2 is 1.12 bits per heavy atom. The van der Waals surface area contributed by atoms with Crippen molar-refractivity contribution in [2.45, 2.75) is 0 Å². The molecule has 0 fully saturated rings. The monoisotopic (exact) mass is 459 g/mol. The maximum Gasteiger partial charge on any atom is 0.356 e. The normalized spacial score (nSPS) is 11.8. The third-order valence-electron chi connectivity index (χ3n) is 5.84. The molecule has 166 valence electrons. The molecule has 1 aromatic heterocycles. The molecule has 4 aromatic carbocycles. The second kappa shape index (κ2) is 8.09. The van der Waals surface area contributed by atoms with E-state index in [-0.39, 0.29) is 5.30 Å². The minimum absolute atomic E-state index is 0.0102. The average Bonchev–Trinajstić information content (AvgIpc) is 3.16. The molecule has 7 heteroatoms. The Morgan fingerprint density at radius 1 is 0.667 bits per heavy atom. The van der Waals surface area contributed by atoms with Crippen LogP contribution in [0.4, 0.5) is 0 Å². The molecule has 0 bridgehead atoms. The van der Waals surface area contributed by atoms with Crippen LogP contribution in [-0.4, -0.2) is 28.6 Å². The zero-order valence-corrected chi connectivity index (χ0v) is 19.0. The number of methoxy groups -OCH3 is 2. The highest BCUT2D eigenvalue weighted by Crippen LogP contribution is 2.37. The quantitative estimate of drug-likeness (QED) is 0.350. The zero-order chi connectivity index (χ0) is 23.2. The maximum atomic E-state index is 11.4. The molecule has 6 nitrogen and oxygen atoms in total. The summed E-state index contributed by atoms with van der Waals surface area (Å²) >= 11 is 0. The molecule has 0 saturated carbocycles. The molecule has 0 atom stereocenters. The average molecular weight is 459 g/mol. The first kappa shape index (κ1) is 21.3. The Kier molecular flexibility index (Phi) is 5.22. The molecule has 0 unspecified atom stereocenters. The second-order valence-electron chi connectivity index (χ2n) is 7.74. The Morgan fingerprint density at radius 3 is 1.55 bits per heavy atom. The van der Waals surface area contributed by atoms with Crippen molar-refractivity contribution < 1.29 is 23.8 Å². The minimum Gasteiger partial charge on any atom is -0.497 e. The third-order valence-corrected chi connectivity index (χ3v) is 6.82. The molecule has 0 saturated heterocycles. The van der Waals surface area contributed by atoms with Gasteiger partial charge in [-0.05, 0) is 59.7 Å². The van der Waals surface area contributed by atoms with Crippen LogP contribution in [-0.2, 0) is 4.57 Å². The molecule has 0 amide bonds. The predicted octanol–water partition coefficient (Wildman–Crippen LogP) is 5.27. The topological polar surface area (TPSA) is 80.9 Å². The van der Waals surface area contributed by atoms with Gasteiger partial charge in [-0.3, -0.25) is 4.57 Å². The number of aromatic nitrogens is 1. The van der Waals surface area contributed by atoms with Crippen LogP contribution in [0.3, 0.4) is 0 Å². The summed E-state index contributed by atoms with van der Waals surface area (Å²) in [7, 11) is -0.942. The number of rotatable bonds is 5. The van der Waals surface area contributed by atoms with Crippen LogP contribution in [0.1, 0.15) is 0 Å². The van der Waals surface area contributed by atoms with E-state index in [2.05, 4.69) is 16.7 Å². The number of fused-ring (bicyclic) bond motifs is 3. The van der Waals surface area contributed by atoms with Gasteiger partial charge >= 0.3 is 7.60 Å². The van der Waals surface area contributed by atoms with Gasteiger partial charge in [-0.15, -0.1) is 0 Å². The first-order chi connectivity index (χ1) is 15.9. The lowest BCUT2D eigenvalue weighted by Gasteiger charge is -2.11. The molecule has 1 heterocycles. The lowest BCUT2D eigenvalue weighted by Crippen LogP contribution is -2.02. The molecule has 2 N–H and O–H groups in total. The van der Waals surface area contributed by atoms with Crippen LogP contribution in [0.5, 0.6) is 11.5 Å². The lowest BCUT2D eigenvalue weighted by molar-refractivity contribution is 0.387. The van der Waals surface area contributed by atoms with E-state index in [0.29, 0.717) is 0 Å². The lowest BCUT2D eigenvalue weighted by atomic mass is 10.1. The van der Waals surface area contributed by atoms with Crippen LogP contribution >= 0.6 is 7.60 Å². The van der Waals surface area contributed by atoms with Gasteiger partial charge in [-0.1, -0.05) is 24.3 Å². The summed E-state index contributed by atoms with van der Waals surface area (Å²) in [5.74, 6) is 1.56. The van der Waals surface area contributed by atoms with Gasteiger partial charge in [0.2, 0.25) is 0 Å². The molecule has 5 rings (SSSR count). The fourth-order valence-corrected chi connectivity index (χ4v) is 4.70. The number of ether oxygens (including phenoxy) is 2. The van der Waals surface area contributed by atoms with E-state index in [1.165, 1.54) is 12.1 Å². The number of benzene rings is 4. The van der Waals surface area contributed by atoms with E-state index < -0.39 is 7.60 Å². The summed E-state index contributed by atoms with van der Waals surface area (Å²) in [4.78, 5) is 18.7. The molecule has 0 radical (unpaired) electrons. The highest BCUT2D eigenvalue weighted by atomic mass is 31.2. The van der Waals surface area contributed by atoms with Crippen molar-refractivity contribution in [1.82, 2.24) is 4.57 Å². The summed E-state index contributed by atoms with van der Waals surface area (Å²) in [6.45, 7) is 0. The fraction of sp³-hybridized carbons (Fsp3) is 0.0769. The van der Waals surface area contributed by atoms with Gasteiger partial charge in [-0.2, -0.15) is 0 Å². The molecule has 0 spiro atoms. The van der Waals surface area contributed by atoms with Crippen LogP contribution in [0.2, 0.25) is 0 Å². The van der Waals surface area contributed by atoms with Crippen molar-refractivity contribution >= 4 is 34.7 Å². The third kappa shape index (κ3) is 3.79. The maximum absolute atomic E-state index is 11.4. The summed E-state index contributed by atoms with van der Waals surface area (Å²) < 4.78 is 24.6. The minimum atomic E-state index is -4.25. The molecule has 0 aliphatic carbocycles. The second-order valence-corrected chi connectivity index (χ2v) is 9.34. The van der Waals surface area contributed by atoms with Crippen molar-refractivity contribution in [3.8, 4) is 28.3 Å². The van der Waals surface area contributed by atoms with Gasteiger partial charge in [0.05, 0.1) is 30.6 Å². The molecule has 0 aliphatic heterocycles. The van der Waals surface area contributed by atoms with E-state index >= 15 is 0 Å². The smallest absolute Gasteiger partial charge is 0.356 e. The van der Waals surface area contributed by atoms with Gasteiger partial charge in [0.25, 0.3) is 0 Å². The van der Waals surface area contributed by atoms with Crippen molar-refractivity contribution in [2.75, 3.05) is 14.2 Å². The Hall–Kier alpha value is -3.57. The standard InChI is InChI=1S/C26H22NO5P/c1-31-20-9-13-23-24-14-10-21(32-2)16-26(24)27(25(23)15-20)19-7-3-17(4-8-19)18-5-11-22(12-6-18)33(28,29)30/h3-16H,1-2H3,(H2,28,29,30). The van der Waals surface area contributed by atoms with Crippen LogP contribution < -0.4 is 14.8 Å². The van der Waals surface area contributed by atoms with Gasteiger partial charge < -0.3 is 23.8 Å². The summed E-state index contributed by atoms with van der Waals surface area (Å²) in [5, 5.41) is 2.24. The van der Waals surface area contributed by atoms with Crippen LogP contribution in [0.15, 0.2) is 84.9 Å². The summed E-state index contributed by atoms with van der Waals surface area (Å²) in [5.41, 5.74) is 4.86. The number of hydrogen-bond donors (Lipinski definition) is 2. The number of hydrogen-bond acceptors (Lipinski definition) is 3. The summed E-state index contributed by atoms with van der Waals surface area (Å²) in [6, 6.07) is 26.5. The predicted molar refractivity (Wildman–Crippen MR) is 131 cm³/mol. The van der Waals surface area contributed by atoms with Crippen molar-refractivity contribution in [2.24, 2.45) is 0 Å². The van der Waals surface area contributed by atoms with Crippen molar-refractivity contribution in [3.63, 3.8) is 0 Å². The van der Waals surface area contributed by atoms with E-state index in [0.717, 1.165) is 50.1 Å². The Labute approximate surface area is 190 Å². The fourth-order valence-electron chi connectivity index (χ4n) is 4.16. The van der Waals surface area contributed by atoms with Crippen molar-refractivity contribution in [3.05, 3.63) is 84.9 Å². The molecule has 0 aliphatic rings. The SMILES string of the molecule is COc1ccc2c3ccc(OC)cc3n(-c3ccc(-c4ccc(P(=O)(O)O)cc4)cc3)c2c1. The van der Waals surface area contributed by atoms with Gasteiger partial charge in [0.15, 0.2) is 0 Å². The zero-order valence-electron chi connectivity index (χ0n) is 18.1. The van der Waals surface area contributed by atoms with E-state index in [4.69, 9.17) is 9.47 Å². The van der Waals surface area contributed by atoms with Gasteiger partial charge in [0.1, 0.15) is 11.5 Å². The number of nitrogens with zero attached hydrogens (tertiary/aromatic N) is 1. The van der Waals surface area contributed by atoms with E-state index in [1.807, 2.05) is 48.5 Å². The molecular weight excluding hydrogens is 437 g/mol. The van der Waals surface area contributed by atoms with Gasteiger partial charge in [-0.25, -0.2) is 0 Å². The van der Waals surface area contributed by atoms with Crippen LogP contribution in [0, 0.1) is 0 Å². The molecular formula is C26H22NO5P. The highest BCUT2D eigenvalue weighted by molar-refractivity contribution is 7.60. The molecule has 5 aromatic rings. The first-order valence-corrected chi connectivity index (χ1v) is 11.9. The Balaban J connectivity index is 1.64. The Bertz CT molecular complexity index is 1450. The molecule has 33 heavy (non-hydrogen) atoms. The first-order valence-electron chi connectivity index (χ1n) is 10.3. The largest absolute Gasteiger partial charge is 0.497 e. The van der Waals surface area contributed by atoms with Crippen molar-refractivity contribution in [1.29, 1.82) is 0 Å². The van der Waals surface area contributed by atoms with E-state index in [1.54, 1.807) is 26.4 Å². The van der Waals surface area contributed by atoms with E-state index in [9.17, 15) is 14.4 Å². The highest BCUT2D eigenvalue weighted by Gasteiger charge is 2.17. The van der Waals surface area contributed by atoms with Crippen LogP contribution in [0.25, 0.3) is 38.6 Å². The van der Waals surface area contributed by atoms with Gasteiger partial charge in [0, 0.05) is 28.6 Å². The summed E-state index contributed by atoms with van der Waals surface area (Å²) in [6.07, 6.45) is 0.